The fourth-order valence-electron chi connectivity index (χ4n) is 1.42. The van der Waals surface area contributed by atoms with Crippen LogP contribution in [0.4, 0.5) is 4.39 Å². The minimum Gasteiger partial charge on any atom is -0.548 e. The smallest absolute Gasteiger partial charge is 0.548 e. The van der Waals surface area contributed by atoms with Gasteiger partial charge in [-0.1, -0.05) is 12.1 Å². The fourth-order valence-corrected chi connectivity index (χ4v) is 1.42. The van der Waals surface area contributed by atoms with E-state index in [2.05, 4.69) is 4.99 Å². The van der Waals surface area contributed by atoms with Gasteiger partial charge in [0.15, 0.2) is 12.5 Å². The summed E-state index contributed by atoms with van der Waals surface area (Å²) in [5, 5.41) is 10.7. The predicted molar refractivity (Wildman–Crippen MR) is 47.5 cm³/mol. The normalized spacial score (nSPS) is 22.3. The molecule has 1 aromatic rings. The Hall–Kier alpha value is -0.274. The van der Waals surface area contributed by atoms with Crippen LogP contribution in [0.3, 0.4) is 0 Å². The number of hydrogen-bond donors (Lipinski definition) is 0. The minimum absolute atomic E-state index is 0. The predicted octanol–water partition coefficient (Wildman–Crippen LogP) is -2.95. The number of carboxylic acids is 1. The molecule has 0 amide bonds. The average Bonchev–Trinajstić information content (AvgIpc) is 2.67. The van der Waals surface area contributed by atoms with E-state index >= 15 is 0 Å². The number of halogens is 1. The number of carboxylic acid groups (broad SMARTS) is 1. The first-order chi connectivity index (χ1) is 7.18. The topological polar surface area (TPSA) is 61.7 Å². The van der Waals surface area contributed by atoms with Gasteiger partial charge in [-0.15, -0.1) is 0 Å². The van der Waals surface area contributed by atoms with E-state index in [9.17, 15) is 14.3 Å². The van der Waals surface area contributed by atoms with Crippen LogP contribution >= 0.6 is 0 Å². The van der Waals surface area contributed by atoms with E-state index in [0.717, 1.165) is 6.40 Å². The summed E-state index contributed by atoms with van der Waals surface area (Å²) in [6, 6.07) is 4.34. The number of benzene rings is 1. The Morgan fingerprint density at radius 2 is 2.00 bits per heavy atom. The van der Waals surface area contributed by atoms with Gasteiger partial charge in [0, 0.05) is 0 Å². The van der Waals surface area contributed by atoms with Crippen molar-refractivity contribution in [3.63, 3.8) is 0 Å². The number of ether oxygens (including phenoxy) is 1. The largest absolute Gasteiger partial charge is 1.00 e. The van der Waals surface area contributed by atoms with E-state index in [4.69, 9.17) is 4.74 Å². The van der Waals surface area contributed by atoms with Gasteiger partial charge in [-0.3, -0.25) is 0 Å². The van der Waals surface area contributed by atoms with E-state index < -0.39 is 18.1 Å². The van der Waals surface area contributed by atoms with Crippen molar-refractivity contribution >= 4 is 12.4 Å². The molecule has 6 heteroatoms. The molecule has 2 rings (SSSR count). The quantitative estimate of drug-likeness (QED) is 0.525. The van der Waals surface area contributed by atoms with E-state index in [1.54, 1.807) is 0 Å². The Balaban J connectivity index is 0.00000128. The second-order valence-electron chi connectivity index (χ2n) is 3.13. The second-order valence-corrected chi connectivity index (χ2v) is 3.13. The van der Waals surface area contributed by atoms with Crippen LogP contribution < -0.4 is 56.5 Å². The van der Waals surface area contributed by atoms with Gasteiger partial charge < -0.3 is 14.6 Å². The average molecular weight is 247 g/mol. The van der Waals surface area contributed by atoms with Gasteiger partial charge in [0.25, 0.3) is 0 Å². The summed E-state index contributed by atoms with van der Waals surface area (Å²) in [5.74, 6) is -1.69. The monoisotopic (exact) mass is 247 g/mol. The first-order valence-electron chi connectivity index (χ1n) is 4.32. The van der Waals surface area contributed by atoms with Gasteiger partial charge in [0.2, 0.25) is 0 Å². The van der Waals surface area contributed by atoms with Crippen molar-refractivity contribution in [3.8, 4) is 0 Å². The summed E-state index contributed by atoms with van der Waals surface area (Å²) in [7, 11) is 0. The molecular formula is C10H7FKNO3. The Kier molecular flexibility index (Phi) is 5.07. The summed E-state index contributed by atoms with van der Waals surface area (Å²) in [6.07, 6.45) is 0.352. The molecule has 0 spiro atoms. The van der Waals surface area contributed by atoms with Gasteiger partial charge in [0.05, 0.1) is 5.97 Å². The number of aliphatic imine (C=N–C) groups is 1. The van der Waals surface area contributed by atoms with E-state index in [1.165, 1.54) is 24.3 Å². The molecule has 0 aliphatic carbocycles. The SMILES string of the molecule is O=C([O-])C1N=COC1c1ccc(F)cc1.[K+]. The standard InChI is InChI=1S/C10H8FNO3.K/c11-7-3-1-6(2-4-7)9-8(10(13)14)12-5-15-9;/h1-5,8-9H,(H,13,14);/q;+1/p-1. The maximum atomic E-state index is 12.6. The Bertz CT molecular complexity index is 407. The van der Waals surface area contributed by atoms with E-state index in [1.807, 2.05) is 0 Å². The molecule has 0 aromatic heterocycles. The maximum Gasteiger partial charge on any atom is 1.00 e. The molecule has 1 aliphatic heterocycles. The van der Waals surface area contributed by atoms with Gasteiger partial charge in [-0.05, 0) is 17.7 Å². The third-order valence-corrected chi connectivity index (χ3v) is 2.16. The van der Waals surface area contributed by atoms with E-state index in [-0.39, 0.29) is 57.2 Å². The fraction of sp³-hybridized carbons (Fsp3) is 0.200. The molecule has 0 saturated carbocycles. The van der Waals surface area contributed by atoms with Gasteiger partial charge in [-0.25, -0.2) is 9.38 Å². The van der Waals surface area contributed by atoms with Crippen molar-refractivity contribution in [2.24, 2.45) is 4.99 Å². The molecule has 0 N–H and O–H groups in total. The van der Waals surface area contributed by atoms with Crippen LogP contribution in [0.1, 0.15) is 11.7 Å². The zero-order chi connectivity index (χ0) is 10.8. The number of hydrogen-bond acceptors (Lipinski definition) is 4. The molecule has 78 valence electrons. The van der Waals surface area contributed by atoms with Crippen molar-refractivity contribution in [1.29, 1.82) is 0 Å². The third-order valence-electron chi connectivity index (χ3n) is 2.16. The zero-order valence-electron chi connectivity index (χ0n) is 8.59. The summed E-state index contributed by atoms with van der Waals surface area (Å²) >= 11 is 0. The molecule has 0 fully saturated rings. The molecule has 1 aliphatic rings. The van der Waals surface area contributed by atoms with Crippen LogP contribution in [0.15, 0.2) is 29.3 Å². The van der Waals surface area contributed by atoms with Crippen molar-refractivity contribution in [2.75, 3.05) is 0 Å². The van der Waals surface area contributed by atoms with Crippen molar-refractivity contribution in [2.45, 2.75) is 12.1 Å². The molecular weight excluding hydrogens is 240 g/mol. The van der Waals surface area contributed by atoms with E-state index in [0.29, 0.717) is 5.56 Å². The molecule has 2 unspecified atom stereocenters. The van der Waals surface area contributed by atoms with Crippen LogP contribution in [-0.2, 0) is 9.53 Å². The van der Waals surface area contributed by atoms with Crippen molar-refractivity contribution < 1.29 is 70.4 Å². The Morgan fingerprint density at radius 1 is 1.38 bits per heavy atom. The molecule has 16 heavy (non-hydrogen) atoms. The van der Waals surface area contributed by atoms with Crippen LogP contribution in [0.5, 0.6) is 0 Å². The maximum absolute atomic E-state index is 12.6. The first-order valence-corrected chi connectivity index (χ1v) is 4.32. The molecule has 0 radical (unpaired) electrons. The van der Waals surface area contributed by atoms with Crippen LogP contribution in [0, 0.1) is 5.82 Å². The number of rotatable bonds is 2. The van der Waals surface area contributed by atoms with Crippen molar-refractivity contribution in [3.05, 3.63) is 35.6 Å². The first kappa shape index (κ1) is 13.8. The van der Waals surface area contributed by atoms with Gasteiger partial charge in [-0.2, -0.15) is 0 Å². The summed E-state index contributed by atoms with van der Waals surface area (Å²) < 4.78 is 17.6. The van der Waals surface area contributed by atoms with Gasteiger partial charge in [0.1, 0.15) is 11.9 Å². The molecule has 0 saturated heterocycles. The number of carbonyl (C=O) groups is 1. The number of aliphatic carboxylic acids is 1. The number of nitrogens with zero attached hydrogens (tertiary/aromatic N) is 1. The third kappa shape index (κ3) is 2.89. The van der Waals surface area contributed by atoms with Crippen molar-refractivity contribution in [1.82, 2.24) is 0 Å². The Labute approximate surface area is 134 Å². The van der Waals surface area contributed by atoms with Gasteiger partial charge >= 0.3 is 51.4 Å². The summed E-state index contributed by atoms with van der Waals surface area (Å²) in [5.41, 5.74) is 0.558. The zero-order valence-corrected chi connectivity index (χ0v) is 11.7. The molecule has 1 aromatic carbocycles. The van der Waals surface area contributed by atoms with Crippen LogP contribution in [-0.4, -0.2) is 18.4 Å². The molecule has 2 atom stereocenters. The Morgan fingerprint density at radius 3 is 2.56 bits per heavy atom. The summed E-state index contributed by atoms with van der Waals surface area (Å²) in [4.78, 5) is 14.3. The molecule has 4 nitrogen and oxygen atoms in total. The second kappa shape index (κ2) is 5.88. The van der Waals surface area contributed by atoms with Crippen LogP contribution in [0.2, 0.25) is 0 Å². The van der Waals surface area contributed by atoms with Crippen LogP contribution in [0.25, 0.3) is 0 Å². The molecule has 0 bridgehead atoms. The number of carbonyl (C=O) groups excluding carboxylic acids is 1. The molecule has 1 heterocycles. The minimum atomic E-state index is -1.31. The summed E-state index contributed by atoms with van der Waals surface area (Å²) in [6.45, 7) is 0.